The lowest BCUT2D eigenvalue weighted by molar-refractivity contribution is -0.386. The van der Waals surface area contributed by atoms with E-state index in [9.17, 15) is 57.9 Å². The zero-order valence-corrected chi connectivity index (χ0v) is 48.2. The third-order valence-electron chi connectivity index (χ3n) is 12.9. The highest BCUT2D eigenvalue weighted by Gasteiger charge is 2.44. The molecule has 3 aromatic carbocycles. The highest BCUT2D eigenvalue weighted by molar-refractivity contribution is 7.66. The van der Waals surface area contributed by atoms with Crippen LogP contribution in [-0.2, 0) is 47.6 Å². The monoisotopic (exact) mass is 1230 g/mol. The molecule has 1 saturated heterocycles. The Morgan fingerprint density at radius 1 is 1.01 bits per heavy atom. The Bertz CT molecular complexity index is 4140. The highest BCUT2D eigenvalue weighted by Crippen LogP contribution is 2.66. The van der Waals surface area contributed by atoms with Crippen LogP contribution in [0, 0.1) is 22.0 Å². The van der Waals surface area contributed by atoms with Crippen LogP contribution in [0.5, 0.6) is 0 Å². The largest absolute Gasteiger partial charge is 0.490 e. The molecule has 85 heavy (non-hydrogen) atoms. The third-order valence-corrected chi connectivity index (χ3v) is 16.8. The lowest BCUT2D eigenvalue weighted by atomic mass is 9.89. The first-order valence-electron chi connectivity index (χ1n) is 25.1. The van der Waals surface area contributed by atoms with Crippen molar-refractivity contribution in [3.63, 3.8) is 0 Å². The fraction of sp³-hybridized carbons (Fsp3) is 0.269. The maximum Gasteiger partial charge on any atom is 0.490 e. The number of anilines is 2. The van der Waals surface area contributed by atoms with E-state index < -0.39 is 95.3 Å². The molecule has 33 heteroatoms. The molecule has 2 aliphatic heterocycles. The van der Waals surface area contributed by atoms with Crippen molar-refractivity contribution >= 4 is 80.8 Å². The number of nitrogens with zero attached hydrogens (tertiary/aromatic N) is 5. The summed E-state index contributed by atoms with van der Waals surface area (Å²) >= 11 is 0. The Balaban J connectivity index is 0.960. The second-order valence-corrected chi connectivity index (χ2v) is 23.7. The van der Waals surface area contributed by atoms with Crippen molar-refractivity contribution in [2.75, 3.05) is 58.6 Å². The van der Waals surface area contributed by atoms with Gasteiger partial charge in [0.1, 0.15) is 43.9 Å². The number of amides is 2. The number of rotatable bonds is 21. The molecule has 8 rings (SSSR count). The molecule has 2 aromatic heterocycles. The number of phosphoric acid groups is 3. The first-order valence-corrected chi connectivity index (χ1v) is 29.7. The molecular weight excluding hydrogens is 1180 g/mol. The Hall–Kier alpha value is -8.39. The smallest absolute Gasteiger partial charge is 0.478 e. The second kappa shape index (κ2) is 25.4. The molecule has 0 bridgehead atoms. The standard InChI is InChI=1S/C52H54N9O21P3/c1-7-19-76-42-24-44(80-43(42)27-77-84(72,73)82-85(74,75)81-83(69,70)71)60-26-31(45-47(60)56-51(53)57-49(45)63)9-8-18-54-52(66)78-28(2)37-20-29(10-17-39(37)61(67)68)25-55-48(62)30-11-14-34(50(64)65)38(21-30)46-35-15-12-32(58(3)4)22-40(35)79-41-23-33(59(5)6)13-16-36(41)46/h7,10-17,20-23,26,28,42-44H,1,18-19,24-25,27H2,2-6H3,(H9-,53,54,55,56,57,62,63,64,65,66,69,70,71,72,73,74,75)/p+1/t28?,42-,43+,44+/m0/s1. The van der Waals surface area contributed by atoms with E-state index in [4.69, 9.17) is 38.7 Å². The van der Waals surface area contributed by atoms with Crippen LogP contribution in [0.4, 0.5) is 22.1 Å². The number of carboxylic acid groups (broad SMARTS) is 1. The summed E-state index contributed by atoms with van der Waals surface area (Å²) in [6.45, 7) is 3.44. The first-order chi connectivity index (χ1) is 40.0. The number of phosphoric ester groups is 1. The second-order valence-electron chi connectivity index (χ2n) is 19.2. The van der Waals surface area contributed by atoms with Gasteiger partial charge in [-0.1, -0.05) is 24.0 Å². The number of aromatic carboxylic acids is 1. The maximum absolute atomic E-state index is 13.9. The quantitative estimate of drug-likeness (QED) is 0.00815. The molecule has 3 aliphatic rings. The van der Waals surface area contributed by atoms with Crippen LogP contribution in [0.1, 0.15) is 63.1 Å². The summed E-state index contributed by atoms with van der Waals surface area (Å²) in [7, 11) is -9.57. The topological polar surface area (TPSA) is 422 Å². The number of aromatic nitrogens is 3. The number of carbonyl (C=O) groups is 3. The molecule has 2 amide bonds. The molecule has 0 spiro atoms. The van der Waals surface area contributed by atoms with E-state index in [0.717, 1.165) is 11.0 Å². The molecule has 5 aromatic rings. The third kappa shape index (κ3) is 14.9. The van der Waals surface area contributed by atoms with Gasteiger partial charge in [-0.25, -0.2) is 27.9 Å². The van der Waals surface area contributed by atoms with Crippen LogP contribution in [-0.4, -0.2) is 122 Å². The molecule has 4 heterocycles. The van der Waals surface area contributed by atoms with Crippen molar-refractivity contribution in [2.45, 2.75) is 44.4 Å². The summed E-state index contributed by atoms with van der Waals surface area (Å²) in [4.78, 5) is 111. The number of nitrogens with one attached hydrogen (secondary N) is 3. The van der Waals surface area contributed by atoms with E-state index in [2.05, 4.69) is 47.6 Å². The molecule has 1 fully saturated rings. The first kappa shape index (κ1) is 62.7. The summed E-state index contributed by atoms with van der Waals surface area (Å²) < 4.78 is 74.7. The molecule has 0 radical (unpaired) electrons. The van der Waals surface area contributed by atoms with Gasteiger partial charge in [0.2, 0.25) is 11.3 Å². The minimum atomic E-state index is -5.84. The van der Waals surface area contributed by atoms with E-state index >= 15 is 0 Å². The molecule has 10 N–H and O–H groups in total. The van der Waals surface area contributed by atoms with Gasteiger partial charge in [0, 0.05) is 79.2 Å². The van der Waals surface area contributed by atoms with Crippen LogP contribution >= 0.6 is 23.5 Å². The number of nitrogens with two attached hydrogens (primary N) is 1. The molecule has 3 unspecified atom stereocenters. The van der Waals surface area contributed by atoms with E-state index in [1.165, 1.54) is 60.2 Å². The number of fused-ring (bicyclic) bond motifs is 3. The summed E-state index contributed by atoms with van der Waals surface area (Å²) in [5, 5.41) is 29.2. The van der Waals surface area contributed by atoms with Gasteiger partial charge in [-0.15, -0.1) is 6.58 Å². The molecule has 1 aliphatic carbocycles. The number of carboxylic acids is 1. The predicted molar refractivity (Wildman–Crippen MR) is 304 cm³/mol. The molecule has 448 valence electrons. The lowest BCUT2D eigenvalue weighted by Crippen LogP contribution is -2.29. The summed E-state index contributed by atoms with van der Waals surface area (Å²) in [5.41, 5.74) is 7.78. The highest BCUT2D eigenvalue weighted by atomic mass is 31.3. The van der Waals surface area contributed by atoms with Crippen molar-refractivity contribution < 1.29 is 89.5 Å². The molecule has 30 nitrogen and oxygen atoms in total. The number of hydrogen-bond donors (Lipinski definition) is 9. The number of nitro groups is 1. The minimum Gasteiger partial charge on any atom is -0.478 e. The Labute approximate surface area is 481 Å². The van der Waals surface area contributed by atoms with Crippen LogP contribution in [0.25, 0.3) is 44.5 Å². The van der Waals surface area contributed by atoms with E-state index in [1.807, 2.05) is 74.1 Å². The average molecular weight is 1230 g/mol. The van der Waals surface area contributed by atoms with Gasteiger partial charge in [0.05, 0.1) is 58.9 Å². The van der Waals surface area contributed by atoms with Crippen LogP contribution < -0.4 is 36.8 Å². The number of nitrogen functional groups attached to an aromatic ring is 1. The van der Waals surface area contributed by atoms with E-state index in [0.29, 0.717) is 33.4 Å². The van der Waals surface area contributed by atoms with Gasteiger partial charge in [-0.05, 0) is 60.5 Å². The van der Waals surface area contributed by atoms with Gasteiger partial charge < -0.3 is 69.1 Å². The SMILES string of the molecule is C=CCO[C@H]1C[C@H](n2cc(C#CCNC(=O)OC(C)c3cc(CNC(=O)c4ccc(C(=O)O)c(-c5c6ccc(=[N+](C)C)cc-6oc6cc(N(C)C)ccc56)c4)ccc3[N+](=O)[O-])c3c(=O)[nH]c(N)nc32)O[C@@H]1COP(=O)(O)OP(=O)(O)OP(=O)(O)O. The number of benzene rings is 4. The lowest BCUT2D eigenvalue weighted by Gasteiger charge is -2.21. The molecule has 0 saturated carbocycles. The van der Waals surface area contributed by atoms with Gasteiger partial charge >= 0.3 is 35.5 Å². The van der Waals surface area contributed by atoms with Crippen molar-refractivity contribution in [1.29, 1.82) is 0 Å². The number of H-pyrrole nitrogens is 1. The zero-order valence-electron chi connectivity index (χ0n) is 45.6. The van der Waals surface area contributed by atoms with Gasteiger partial charge in [-0.2, -0.15) is 13.6 Å². The van der Waals surface area contributed by atoms with E-state index in [-0.39, 0.29) is 64.4 Å². The van der Waals surface area contributed by atoms with Crippen molar-refractivity contribution in [2.24, 2.45) is 0 Å². The molecule has 6 atom stereocenters. The van der Waals surface area contributed by atoms with Crippen molar-refractivity contribution in [1.82, 2.24) is 29.7 Å². The van der Waals surface area contributed by atoms with Gasteiger partial charge in [0.25, 0.3) is 17.2 Å². The Morgan fingerprint density at radius 2 is 1.76 bits per heavy atom. The average Bonchev–Trinajstić information content (AvgIpc) is 1.88. The van der Waals surface area contributed by atoms with Crippen molar-refractivity contribution in [3.8, 4) is 34.3 Å². The number of aromatic amines is 1. The van der Waals surface area contributed by atoms with Crippen LogP contribution in [0.3, 0.4) is 0 Å². The maximum atomic E-state index is 13.9. The van der Waals surface area contributed by atoms with E-state index in [1.54, 1.807) is 0 Å². The number of carbonyl (C=O) groups excluding carboxylic acids is 2. The number of nitro benzene ring substituents is 1. The number of hydrogen-bond acceptors (Lipinski definition) is 19. The van der Waals surface area contributed by atoms with Gasteiger partial charge in [-0.3, -0.25) is 29.2 Å². The summed E-state index contributed by atoms with van der Waals surface area (Å²) in [6, 6.07) is 19.3. The van der Waals surface area contributed by atoms with Crippen molar-refractivity contribution in [3.05, 3.63) is 145 Å². The Morgan fingerprint density at radius 3 is 2.45 bits per heavy atom. The number of alkyl carbamates (subject to hydrolysis) is 1. The summed E-state index contributed by atoms with van der Waals surface area (Å²) in [6.07, 6.45) is -2.95. The zero-order chi connectivity index (χ0) is 61.9. The number of ether oxygens (including phenoxy) is 3. The fourth-order valence-electron chi connectivity index (χ4n) is 9.15. The minimum absolute atomic E-state index is 0.0319. The molecular formula is C52H55N9O21P3+. The Kier molecular flexibility index (Phi) is 18.8. The summed E-state index contributed by atoms with van der Waals surface area (Å²) in [5.74, 6) is 3.76. The fourth-order valence-corrected chi connectivity index (χ4v) is 12.2. The van der Waals surface area contributed by atoms with Crippen LogP contribution in [0.2, 0.25) is 0 Å². The predicted octanol–water partition coefficient (Wildman–Crippen LogP) is 5.50. The normalized spacial score (nSPS) is 16.8. The van der Waals surface area contributed by atoms with Crippen LogP contribution in [0.15, 0.2) is 101 Å². The van der Waals surface area contributed by atoms with Gasteiger partial charge in [0.15, 0.2) is 5.65 Å².